The van der Waals surface area contributed by atoms with E-state index in [2.05, 4.69) is 5.32 Å². The van der Waals surface area contributed by atoms with Crippen molar-refractivity contribution in [3.05, 3.63) is 46.6 Å². The van der Waals surface area contributed by atoms with Gasteiger partial charge < -0.3 is 10.4 Å². The van der Waals surface area contributed by atoms with Crippen molar-refractivity contribution in [2.24, 2.45) is 0 Å². The second-order valence-electron chi connectivity index (χ2n) is 7.08. The van der Waals surface area contributed by atoms with E-state index in [1.165, 1.54) is 22.7 Å². The molecule has 142 valence electrons. The zero-order valence-electron chi connectivity index (χ0n) is 14.5. The Labute approximate surface area is 165 Å². The van der Waals surface area contributed by atoms with Gasteiger partial charge in [0.25, 0.3) is 5.91 Å². The first-order valence-electron chi connectivity index (χ1n) is 8.89. The number of fused-ring (bicyclic) bond motifs is 1. The number of nitrogens with one attached hydrogen (secondary N) is 1. The van der Waals surface area contributed by atoms with Gasteiger partial charge in [0.15, 0.2) is 0 Å². The maximum absolute atomic E-state index is 13.3. The Morgan fingerprint density at radius 3 is 2.70 bits per heavy atom. The highest BCUT2D eigenvalue weighted by molar-refractivity contribution is 8.00. The Hall–Kier alpha value is -1.99. The van der Waals surface area contributed by atoms with Crippen molar-refractivity contribution < 1.29 is 19.5 Å². The smallest absolute Gasteiger partial charge is 0.352 e. The monoisotopic (exact) mass is 406 g/mol. The molecule has 1 aliphatic carbocycles. The van der Waals surface area contributed by atoms with E-state index in [1.807, 2.05) is 18.2 Å². The van der Waals surface area contributed by atoms with Gasteiger partial charge in [-0.1, -0.05) is 36.6 Å². The molecule has 0 bridgehead atoms. The van der Waals surface area contributed by atoms with Crippen molar-refractivity contribution in [1.29, 1.82) is 0 Å². The lowest BCUT2D eigenvalue weighted by Gasteiger charge is -2.49. The minimum absolute atomic E-state index is 0.000306. The number of β-lactam (4-membered cyclic amide) rings is 1. The molecule has 0 aromatic heterocycles. The number of thioether (sulfide) groups is 1. The molecule has 0 spiro atoms. The number of rotatable bonds is 4. The second kappa shape index (κ2) is 6.87. The molecule has 2 fully saturated rings. The van der Waals surface area contributed by atoms with Gasteiger partial charge in [0.2, 0.25) is 5.91 Å². The number of benzene rings is 1. The van der Waals surface area contributed by atoms with Crippen LogP contribution in [0, 0.1) is 0 Å². The normalized spacial score (nSPS) is 26.0. The zero-order chi connectivity index (χ0) is 19.2. The first kappa shape index (κ1) is 18.4. The molecule has 8 heteroatoms. The zero-order valence-corrected chi connectivity index (χ0v) is 16.1. The van der Waals surface area contributed by atoms with Crippen LogP contribution >= 0.6 is 23.4 Å². The van der Waals surface area contributed by atoms with E-state index < -0.39 is 17.4 Å². The quantitative estimate of drug-likeness (QED) is 0.750. The molecule has 1 saturated carbocycles. The summed E-state index contributed by atoms with van der Waals surface area (Å²) < 4.78 is 0. The molecule has 1 aromatic carbocycles. The first-order chi connectivity index (χ1) is 12.9. The fourth-order valence-electron chi connectivity index (χ4n) is 4.23. The molecule has 27 heavy (non-hydrogen) atoms. The van der Waals surface area contributed by atoms with Crippen LogP contribution in [-0.2, 0) is 19.8 Å². The lowest BCUT2D eigenvalue weighted by atomic mass is 9.77. The van der Waals surface area contributed by atoms with E-state index in [4.69, 9.17) is 11.6 Å². The van der Waals surface area contributed by atoms with Gasteiger partial charge in [-0.25, -0.2) is 4.79 Å². The van der Waals surface area contributed by atoms with Crippen molar-refractivity contribution in [2.75, 3.05) is 5.75 Å². The minimum atomic E-state index is -1.12. The van der Waals surface area contributed by atoms with Crippen LogP contribution in [-0.4, -0.2) is 45.0 Å². The van der Waals surface area contributed by atoms with Crippen molar-refractivity contribution in [3.8, 4) is 0 Å². The number of carbonyl (C=O) groups is 3. The largest absolute Gasteiger partial charge is 0.477 e. The topological polar surface area (TPSA) is 86.7 Å². The first-order valence-corrected chi connectivity index (χ1v) is 10.3. The molecule has 2 atom stereocenters. The number of aliphatic carboxylic acids is 1. The third kappa shape index (κ3) is 2.93. The average Bonchev–Trinajstić information content (AvgIpc) is 3.16. The average molecular weight is 407 g/mol. The lowest BCUT2D eigenvalue weighted by Crippen LogP contribution is -2.71. The van der Waals surface area contributed by atoms with Crippen LogP contribution in [0.15, 0.2) is 36.0 Å². The summed E-state index contributed by atoms with van der Waals surface area (Å²) in [6.07, 6.45) is 4.83. The molecule has 0 radical (unpaired) electrons. The van der Waals surface area contributed by atoms with Crippen LogP contribution in [0.1, 0.15) is 31.2 Å². The molecular formula is C19H19ClN2O4S. The number of carboxylic acid groups (broad SMARTS) is 1. The summed E-state index contributed by atoms with van der Waals surface area (Å²) in [6.45, 7) is 0. The molecule has 2 amide bonds. The molecule has 2 N–H and O–H groups in total. The molecule has 3 aliphatic rings. The van der Waals surface area contributed by atoms with E-state index in [1.54, 1.807) is 6.07 Å². The van der Waals surface area contributed by atoms with Crippen LogP contribution in [0.25, 0.3) is 0 Å². The van der Waals surface area contributed by atoms with Gasteiger partial charge in [-0.15, -0.1) is 11.8 Å². The highest BCUT2D eigenvalue weighted by atomic mass is 35.5. The molecule has 1 aromatic rings. The number of hydrogen-bond donors (Lipinski definition) is 2. The van der Waals surface area contributed by atoms with E-state index in [-0.39, 0.29) is 22.9 Å². The van der Waals surface area contributed by atoms with E-state index in [0.717, 1.165) is 18.4 Å². The van der Waals surface area contributed by atoms with Crippen LogP contribution in [0.4, 0.5) is 0 Å². The summed E-state index contributed by atoms with van der Waals surface area (Å²) in [5.74, 6) is -1.16. The van der Waals surface area contributed by atoms with Crippen molar-refractivity contribution in [2.45, 2.75) is 42.5 Å². The number of amides is 2. The Morgan fingerprint density at radius 1 is 1.30 bits per heavy atom. The van der Waals surface area contributed by atoms with Crippen molar-refractivity contribution in [3.63, 3.8) is 0 Å². The van der Waals surface area contributed by atoms with Crippen LogP contribution in [0.3, 0.4) is 0 Å². The Balaban J connectivity index is 1.56. The fraction of sp³-hybridized carbons (Fsp3) is 0.421. The number of carboxylic acids is 1. The highest BCUT2D eigenvalue weighted by Crippen LogP contribution is 2.43. The van der Waals surface area contributed by atoms with Crippen LogP contribution in [0.2, 0.25) is 5.02 Å². The van der Waals surface area contributed by atoms with Gasteiger partial charge in [-0.05, 0) is 36.6 Å². The molecule has 4 rings (SSSR count). The molecule has 2 heterocycles. The van der Waals surface area contributed by atoms with Gasteiger partial charge in [0.1, 0.15) is 17.1 Å². The third-order valence-electron chi connectivity index (χ3n) is 5.62. The maximum atomic E-state index is 13.3. The number of halogens is 1. The Morgan fingerprint density at radius 2 is 2.04 bits per heavy atom. The van der Waals surface area contributed by atoms with E-state index in [0.29, 0.717) is 23.6 Å². The molecule has 0 unspecified atom stereocenters. The lowest BCUT2D eigenvalue weighted by molar-refractivity contribution is -0.151. The summed E-state index contributed by atoms with van der Waals surface area (Å²) in [5.41, 5.74) is 0.187. The molecule has 1 saturated heterocycles. The third-order valence-corrected chi connectivity index (χ3v) is 7.04. The van der Waals surface area contributed by atoms with Gasteiger partial charge in [0.05, 0.1) is 5.41 Å². The van der Waals surface area contributed by atoms with Crippen LogP contribution in [0.5, 0.6) is 0 Å². The summed E-state index contributed by atoms with van der Waals surface area (Å²) in [7, 11) is 0. The van der Waals surface area contributed by atoms with Crippen LogP contribution < -0.4 is 5.32 Å². The highest BCUT2D eigenvalue weighted by Gasteiger charge is 2.54. The van der Waals surface area contributed by atoms with Gasteiger partial charge in [-0.3, -0.25) is 14.5 Å². The van der Waals surface area contributed by atoms with Gasteiger partial charge >= 0.3 is 5.97 Å². The van der Waals surface area contributed by atoms with Crippen molar-refractivity contribution >= 4 is 41.1 Å². The molecule has 2 aliphatic heterocycles. The SMILES string of the molecule is O=C(O)C1=CCS[C@@H]2[C@H](NC(=O)C3(c4cccc(Cl)c4)CCCC3)C(=O)N12. The fourth-order valence-corrected chi connectivity index (χ4v) is 5.61. The van der Waals surface area contributed by atoms with Gasteiger partial charge in [-0.2, -0.15) is 0 Å². The predicted molar refractivity (Wildman–Crippen MR) is 102 cm³/mol. The van der Waals surface area contributed by atoms with Crippen molar-refractivity contribution in [1.82, 2.24) is 10.2 Å². The van der Waals surface area contributed by atoms with E-state index in [9.17, 15) is 19.5 Å². The Bertz CT molecular complexity index is 850. The number of nitrogens with zero attached hydrogens (tertiary/aromatic N) is 1. The second-order valence-corrected chi connectivity index (χ2v) is 8.66. The minimum Gasteiger partial charge on any atom is -0.477 e. The van der Waals surface area contributed by atoms with E-state index >= 15 is 0 Å². The molecular weight excluding hydrogens is 388 g/mol. The molecule has 6 nitrogen and oxygen atoms in total. The Kier molecular flexibility index (Phi) is 4.68. The number of hydrogen-bond acceptors (Lipinski definition) is 4. The summed E-state index contributed by atoms with van der Waals surface area (Å²) in [6, 6.07) is 6.65. The summed E-state index contributed by atoms with van der Waals surface area (Å²) in [5, 5.41) is 12.4. The number of carbonyl (C=O) groups excluding carboxylic acids is 2. The standard InChI is InChI=1S/C19H19ClN2O4S/c20-12-5-3-4-11(10-12)19(7-1-2-8-19)18(26)21-14-15(23)22-13(17(24)25)6-9-27-16(14)22/h3-6,10,14,16H,1-2,7-9H2,(H,21,26)(H,24,25)/t14-,16-/m1/s1. The summed E-state index contributed by atoms with van der Waals surface area (Å²) in [4.78, 5) is 38.4. The summed E-state index contributed by atoms with van der Waals surface area (Å²) >= 11 is 7.59. The predicted octanol–water partition coefficient (Wildman–Crippen LogP) is 2.52. The maximum Gasteiger partial charge on any atom is 0.352 e. The van der Waals surface area contributed by atoms with Gasteiger partial charge in [0, 0.05) is 10.8 Å².